The van der Waals surface area contributed by atoms with Crippen LogP contribution in [-0.4, -0.2) is 23.4 Å². The van der Waals surface area contributed by atoms with E-state index in [9.17, 15) is 4.79 Å². The number of nitrogens with zero attached hydrogens (tertiary/aromatic N) is 1. The van der Waals surface area contributed by atoms with E-state index < -0.39 is 0 Å². The van der Waals surface area contributed by atoms with Gasteiger partial charge in [-0.05, 0) is 47.3 Å². The molecule has 0 saturated heterocycles. The molecule has 0 spiro atoms. The fourth-order valence-electron chi connectivity index (χ4n) is 1.99. The molecule has 1 amide bonds. The monoisotopic (exact) mass is 329 g/mol. The zero-order chi connectivity index (χ0) is 13.1. The number of hydrogen-bond donors (Lipinski definition) is 0. The molecule has 4 heteroatoms. The second-order valence-electron chi connectivity index (χ2n) is 4.68. The molecule has 1 aromatic carbocycles. The van der Waals surface area contributed by atoms with E-state index in [1.165, 1.54) is 0 Å². The van der Waals surface area contributed by atoms with Gasteiger partial charge >= 0.3 is 0 Å². The highest BCUT2D eigenvalue weighted by Crippen LogP contribution is 2.32. The fourth-order valence-corrected chi connectivity index (χ4v) is 2.56. The Morgan fingerprint density at radius 3 is 2.83 bits per heavy atom. The van der Waals surface area contributed by atoms with Crippen molar-refractivity contribution in [1.29, 1.82) is 0 Å². The van der Waals surface area contributed by atoms with E-state index in [0.29, 0.717) is 16.6 Å². The van der Waals surface area contributed by atoms with Gasteiger partial charge in [-0.3, -0.25) is 4.79 Å². The van der Waals surface area contributed by atoms with Gasteiger partial charge in [0.05, 0.1) is 10.6 Å². The van der Waals surface area contributed by atoms with Crippen LogP contribution in [0.1, 0.15) is 43.0 Å². The molecule has 2 rings (SSSR count). The molecular formula is C14H17BrClNO. The number of carbonyl (C=O) groups is 1. The molecule has 0 aromatic heterocycles. The van der Waals surface area contributed by atoms with Gasteiger partial charge in [-0.2, -0.15) is 0 Å². The Labute approximate surface area is 121 Å². The lowest BCUT2D eigenvalue weighted by molar-refractivity contribution is 0.0741. The molecule has 2 nitrogen and oxygen atoms in total. The van der Waals surface area contributed by atoms with E-state index in [1.807, 2.05) is 17.0 Å². The predicted octanol–water partition coefficient (Wildman–Crippen LogP) is 4.51. The van der Waals surface area contributed by atoms with Crippen molar-refractivity contribution >= 4 is 33.4 Å². The third kappa shape index (κ3) is 3.07. The lowest BCUT2D eigenvalue weighted by atomic mass is 10.2. The van der Waals surface area contributed by atoms with Gasteiger partial charge in [0.15, 0.2) is 0 Å². The largest absolute Gasteiger partial charge is 0.336 e. The van der Waals surface area contributed by atoms with Gasteiger partial charge in [-0.1, -0.05) is 31.0 Å². The molecule has 1 fully saturated rings. The van der Waals surface area contributed by atoms with Crippen molar-refractivity contribution in [3.05, 3.63) is 33.3 Å². The summed E-state index contributed by atoms with van der Waals surface area (Å²) in [5, 5.41) is 0.518. The van der Waals surface area contributed by atoms with Gasteiger partial charge in [0.1, 0.15) is 0 Å². The average molecular weight is 331 g/mol. The molecule has 0 atom stereocenters. The number of benzene rings is 1. The second kappa shape index (κ2) is 6.07. The van der Waals surface area contributed by atoms with Crippen LogP contribution in [0.2, 0.25) is 5.02 Å². The zero-order valence-corrected chi connectivity index (χ0v) is 12.8. The normalized spacial score (nSPS) is 14.6. The lowest BCUT2D eigenvalue weighted by Crippen LogP contribution is -2.34. The maximum atomic E-state index is 12.5. The Hall–Kier alpha value is -0.540. The number of hydrogen-bond acceptors (Lipinski definition) is 1. The summed E-state index contributed by atoms with van der Waals surface area (Å²) in [7, 11) is 0. The van der Waals surface area contributed by atoms with Gasteiger partial charge < -0.3 is 4.90 Å². The summed E-state index contributed by atoms with van der Waals surface area (Å²) in [5.41, 5.74) is 0.606. The first kappa shape index (κ1) is 13.9. The minimum Gasteiger partial charge on any atom is -0.336 e. The third-order valence-corrected chi connectivity index (χ3v) is 4.48. The molecule has 18 heavy (non-hydrogen) atoms. The fraction of sp³-hybridized carbons (Fsp3) is 0.500. The van der Waals surface area contributed by atoms with Crippen molar-refractivity contribution in [3.8, 4) is 0 Å². The highest BCUT2D eigenvalue weighted by atomic mass is 79.9. The van der Waals surface area contributed by atoms with Crippen LogP contribution in [-0.2, 0) is 0 Å². The topological polar surface area (TPSA) is 20.3 Å². The number of rotatable bonds is 5. The standard InChI is InChI=1S/C14H17BrClNO/c1-2-3-9-17(10-7-8-10)14(18)11-5-4-6-12(15)13(11)16/h4-6,10H,2-3,7-9H2,1H3. The van der Waals surface area contributed by atoms with E-state index in [2.05, 4.69) is 22.9 Å². The highest BCUT2D eigenvalue weighted by molar-refractivity contribution is 9.10. The van der Waals surface area contributed by atoms with Gasteiger partial charge in [-0.15, -0.1) is 0 Å². The van der Waals surface area contributed by atoms with Crippen LogP contribution in [0.15, 0.2) is 22.7 Å². The zero-order valence-electron chi connectivity index (χ0n) is 10.5. The lowest BCUT2D eigenvalue weighted by Gasteiger charge is -2.23. The van der Waals surface area contributed by atoms with Gasteiger partial charge in [0.2, 0.25) is 0 Å². The third-order valence-electron chi connectivity index (χ3n) is 3.18. The Morgan fingerprint density at radius 2 is 2.22 bits per heavy atom. The van der Waals surface area contributed by atoms with Crippen LogP contribution < -0.4 is 0 Å². The number of carbonyl (C=O) groups excluding carboxylic acids is 1. The highest BCUT2D eigenvalue weighted by Gasteiger charge is 2.33. The summed E-state index contributed by atoms with van der Waals surface area (Å²) in [5.74, 6) is 0.0669. The first-order valence-electron chi connectivity index (χ1n) is 6.40. The quantitative estimate of drug-likeness (QED) is 0.778. The number of amides is 1. The van der Waals surface area contributed by atoms with Crippen LogP contribution >= 0.6 is 27.5 Å². The summed E-state index contributed by atoms with van der Waals surface area (Å²) < 4.78 is 0.779. The first-order valence-corrected chi connectivity index (χ1v) is 7.57. The Morgan fingerprint density at radius 1 is 1.50 bits per heavy atom. The van der Waals surface area contributed by atoms with Crippen LogP contribution in [0, 0.1) is 0 Å². The first-order chi connectivity index (χ1) is 8.65. The predicted molar refractivity (Wildman–Crippen MR) is 78.1 cm³/mol. The summed E-state index contributed by atoms with van der Waals surface area (Å²) >= 11 is 9.56. The van der Waals surface area contributed by atoms with Gasteiger partial charge in [0.25, 0.3) is 5.91 Å². The van der Waals surface area contributed by atoms with E-state index >= 15 is 0 Å². The van der Waals surface area contributed by atoms with Crippen LogP contribution in [0.4, 0.5) is 0 Å². The number of halogens is 2. The average Bonchev–Trinajstić information content (AvgIpc) is 3.17. The molecule has 0 N–H and O–H groups in total. The molecule has 0 unspecified atom stereocenters. The minimum atomic E-state index is 0.0669. The van der Waals surface area contributed by atoms with E-state index in [1.54, 1.807) is 6.07 Å². The van der Waals surface area contributed by atoms with Gasteiger partial charge in [-0.25, -0.2) is 0 Å². The Bertz CT molecular complexity index is 445. The smallest absolute Gasteiger partial charge is 0.255 e. The maximum Gasteiger partial charge on any atom is 0.255 e. The van der Waals surface area contributed by atoms with Crippen molar-refractivity contribution in [2.24, 2.45) is 0 Å². The molecule has 0 bridgehead atoms. The number of unbranched alkanes of at least 4 members (excludes halogenated alkanes) is 1. The van der Waals surface area contributed by atoms with E-state index in [-0.39, 0.29) is 5.91 Å². The van der Waals surface area contributed by atoms with Crippen LogP contribution in [0.5, 0.6) is 0 Å². The Balaban J connectivity index is 2.19. The van der Waals surface area contributed by atoms with Crippen molar-refractivity contribution < 1.29 is 4.79 Å². The van der Waals surface area contributed by atoms with Gasteiger partial charge in [0, 0.05) is 17.1 Å². The summed E-state index contributed by atoms with van der Waals surface area (Å²) in [6, 6.07) is 5.94. The van der Waals surface area contributed by atoms with Crippen molar-refractivity contribution in [2.75, 3.05) is 6.54 Å². The summed E-state index contributed by atoms with van der Waals surface area (Å²) in [4.78, 5) is 14.5. The molecule has 1 saturated carbocycles. The maximum absolute atomic E-state index is 12.5. The second-order valence-corrected chi connectivity index (χ2v) is 5.92. The molecule has 98 valence electrons. The van der Waals surface area contributed by atoms with Crippen LogP contribution in [0.3, 0.4) is 0 Å². The minimum absolute atomic E-state index is 0.0669. The molecule has 1 aliphatic rings. The molecule has 0 radical (unpaired) electrons. The Kier molecular flexibility index (Phi) is 4.68. The summed E-state index contributed by atoms with van der Waals surface area (Å²) in [6.07, 6.45) is 4.40. The summed E-state index contributed by atoms with van der Waals surface area (Å²) in [6.45, 7) is 2.98. The van der Waals surface area contributed by atoms with E-state index in [0.717, 1.165) is 36.7 Å². The van der Waals surface area contributed by atoms with Crippen molar-refractivity contribution in [2.45, 2.75) is 38.6 Å². The molecule has 1 aromatic rings. The molecule has 0 heterocycles. The van der Waals surface area contributed by atoms with E-state index in [4.69, 9.17) is 11.6 Å². The molecule has 1 aliphatic carbocycles. The molecular weight excluding hydrogens is 314 g/mol. The molecule has 0 aliphatic heterocycles. The van der Waals surface area contributed by atoms with Crippen molar-refractivity contribution in [3.63, 3.8) is 0 Å². The van der Waals surface area contributed by atoms with Crippen molar-refractivity contribution in [1.82, 2.24) is 4.90 Å². The van der Waals surface area contributed by atoms with Crippen LogP contribution in [0.25, 0.3) is 0 Å². The SMILES string of the molecule is CCCCN(C(=O)c1cccc(Br)c1Cl)C1CC1.